The van der Waals surface area contributed by atoms with Crippen LogP contribution >= 0.6 is 0 Å². The van der Waals surface area contributed by atoms with Crippen molar-refractivity contribution in [2.24, 2.45) is 0 Å². The Morgan fingerprint density at radius 2 is 2.00 bits per heavy atom. The number of carboxylic acid groups (broad SMARTS) is 1. The molecule has 0 heterocycles. The first kappa shape index (κ1) is 13.4. The highest BCUT2D eigenvalue weighted by Crippen LogP contribution is 1.82. The largest absolute Gasteiger partial charge is 0.474 e. The highest BCUT2D eigenvalue weighted by atomic mass is 16.5. The lowest BCUT2D eigenvalue weighted by Crippen LogP contribution is -2.47. The lowest BCUT2D eigenvalue weighted by atomic mass is 10.3. The number of nitrogens with one attached hydrogen (secondary N) is 2. The van der Waals surface area contributed by atoms with Gasteiger partial charge in [-0.15, -0.1) is 0 Å². The fraction of sp³-hybridized carbons (Fsp3) is 0.625. The molecule has 2 amide bonds. The molecule has 15 heavy (non-hydrogen) atoms. The van der Waals surface area contributed by atoms with Gasteiger partial charge in [-0.3, -0.25) is 9.59 Å². The molecule has 7 nitrogen and oxygen atoms in total. The fourth-order valence-electron chi connectivity index (χ4n) is 0.753. The van der Waals surface area contributed by atoms with Gasteiger partial charge in [0.05, 0.1) is 6.61 Å². The van der Waals surface area contributed by atoms with Crippen molar-refractivity contribution in [3.8, 4) is 0 Å². The smallest absolute Gasteiger partial charge is 0.394 e. The minimum atomic E-state index is -1.62. The summed E-state index contributed by atoms with van der Waals surface area (Å²) in [6.07, 6.45) is 0. The summed E-state index contributed by atoms with van der Waals surface area (Å²) in [6, 6.07) is -0.884. The molecule has 0 aliphatic carbocycles. The molecule has 0 saturated heterocycles. The van der Waals surface area contributed by atoms with Crippen LogP contribution in [-0.4, -0.2) is 49.2 Å². The van der Waals surface area contributed by atoms with Gasteiger partial charge >= 0.3 is 11.9 Å². The zero-order valence-corrected chi connectivity index (χ0v) is 8.57. The minimum absolute atomic E-state index is 0.308. The molecule has 86 valence electrons. The molecule has 0 aromatic carbocycles. The van der Waals surface area contributed by atoms with E-state index in [1.165, 1.54) is 14.0 Å². The lowest BCUT2D eigenvalue weighted by Gasteiger charge is -2.12. The van der Waals surface area contributed by atoms with E-state index in [9.17, 15) is 14.4 Å². The van der Waals surface area contributed by atoms with Gasteiger partial charge in [0, 0.05) is 13.7 Å². The van der Waals surface area contributed by atoms with Gasteiger partial charge in [-0.05, 0) is 6.92 Å². The number of rotatable bonds is 5. The molecule has 0 bridgehead atoms. The number of aliphatic carboxylic acids is 1. The Morgan fingerprint density at radius 3 is 2.47 bits per heavy atom. The first-order valence-electron chi connectivity index (χ1n) is 4.29. The van der Waals surface area contributed by atoms with Crippen molar-refractivity contribution in [3.05, 3.63) is 0 Å². The van der Waals surface area contributed by atoms with Crippen molar-refractivity contribution in [2.75, 3.05) is 20.3 Å². The number of hydrogen-bond donors (Lipinski definition) is 3. The number of carbonyl (C=O) groups excluding carboxylic acids is 2. The summed E-state index contributed by atoms with van der Waals surface area (Å²) in [6.45, 7) is 2.05. The highest BCUT2D eigenvalue weighted by Gasteiger charge is 2.18. The summed E-state index contributed by atoms with van der Waals surface area (Å²) in [5.41, 5.74) is 0. The minimum Gasteiger partial charge on any atom is -0.474 e. The van der Waals surface area contributed by atoms with Crippen LogP contribution in [0.3, 0.4) is 0 Å². The Balaban J connectivity index is 3.88. The lowest BCUT2D eigenvalue weighted by molar-refractivity contribution is -0.150. The molecule has 0 spiro atoms. The molecular formula is C8H14N2O5. The zero-order chi connectivity index (χ0) is 11.8. The summed E-state index contributed by atoms with van der Waals surface area (Å²) >= 11 is 0. The zero-order valence-electron chi connectivity index (χ0n) is 8.57. The van der Waals surface area contributed by atoms with E-state index in [1.54, 1.807) is 0 Å². The van der Waals surface area contributed by atoms with Crippen LogP contribution in [0.15, 0.2) is 0 Å². The van der Waals surface area contributed by atoms with Crippen LogP contribution in [0.5, 0.6) is 0 Å². The second-order valence-corrected chi connectivity index (χ2v) is 2.78. The quantitative estimate of drug-likeness (QED) is 0.378. The molecule has 0 aliphatic heterocycles. The van der Waals surface area contributed by atoms with Crippen LogP contribution in [0, 0.1) is 0 Å². The Kier molecular flexibility index (Phi) is 6.03. The van der Waals surface area contributed by atoms with Crippen molar-refractivity contribution in [2.45, 2.75) is 13.0 Å². The maximum absolute atomic E-state index is 11.2. The SMILES string of the molecule is COCCNC(=O)C(C)NC(=O)C(=O)O. The third-order valence-electron chi connectivity index (χ3n) is 1.54. The standard InChI is InChI=1S/C8H14N2O5/c1-5(10-7(12)8(13)14)6(11)9-3-4-15-2/h5H,3-4H2,1-2H3,(H,9,11)(H,10,12)(H,13,14). The van der Waals surface area contributed by atoms with Gasteiger partial charge in [-0.1, -0.05) is 0 Å². The van der Waals surface area contributed by atoms with Gasteiger partial charge in [0.15, 0.2) is 0 Å². The molecule has 0 rings (SSSR count). The van der Waals surface area contributed by atoms with E-state index in [4.69, 9.17) is 9.84 Å². The molecule has 3 N–H and O–H groups in total. The topological polar surface area (TPSA) is 105 Å². The second kappa shape index (κ2) is 6.77. The van der Waals surface area contributed by atoms with Crippen molar-refractivity contribution in [3.63, 3.8) is 0 Å². The number of methoxy groups -OCH3 is 1. The number of carboxylic acids is 1. The molecule has 0 aliphatic rings. The number of amides is 2. The molecule has 1 unspecified atom stereocenters. The second-order valence-electron chi connectivity index (χ2n) is 2.78. The van der Waals surface area contributed by atoms with Crippen LogP contribution in [0.1, 0.15) is 6.92 Å². The van der Waals surface area contributed by atoms with Crippen LogP contribution in [0.4, 0.5) is 0 Å². The summed E-state index contributed by atoms with van der Waals surface area (Å²) in [5, 5.41) is 12.7. The first-order chi connectivity index (χ1) is 6.99. The third-order valence-corrected chi connectivity index (χ3v) is 1.54. The molecule has 0 fully saturated rings. The molecule has 7 heteroatoms. The maximum Gasteiger partial charge on any atom is 0.394 e. The van der Waals surface area contributed by atoms with E-state index in [0.717, 1.165) is 0 Å². The Bertz CT molecular complexity index is 253. The van der Waals surface area contributed by atoms with Gasteiger partial charge < -0.3 is 20.5 Å². The van der Waals surface area contributed by atoms with E-state index in [2.05, 4.69) is 5.32 Å². The Hall–Kier alpha value is -1.63. The molecule has 0 saturated carbocycles. The predicted octanol–water partition coefficient (Wildman–Crippen LogP) is -1.66. The molecule has 1 atom stereocenters. The maximum atomic E-state index is 11.2. The van der Waals surface area contributed by atoms with Gasteiger partial charge in [0.2, 0.25) is 5.91 Å². The third kappa shape index (κ3) is 5.63. The van der Waals surface area contributed by atoms with E-state index < -0.39 is 23.8 Å². The Labute approximate surface area is 86.8 Å². The van der Waals surface area contributed by atoms with E-state index >= 15 is 0 Å². The van der Waals surface area contributed by atoms with Crippen LogP contribution in [-0.2, 0) is 19.1 Å². The first-order valence-corrected chi connectivity index (χ1v) is 4.29. The van der Waals surface area contributed by atoms with Gasteiger partial charge in [0.25, 0.3) is 0 Å². The normalized spacial score (nSPS) is 11.6. The van der Waals surface area contributed by atoms with Gasteiger partial charge in [-0.2, -0.15) is 0 Å². The predicted molar refractivity (Wildman–Crippen MR) is 50.1 cm³/mol. The average molecular weight is 218 g/mol. The van der Waals surface area contributed by atoms with E-state index in [0.29, 0.717) is 13.2 Å². The van der Waals surface area contributed by atoms with E-state index in [1.807, 2.05) is 5.32 Å². The summed E-state index contributed by atoms with van der Waals surface area (Å²) < 4.78 is 4.70. The Morgan fingerprint density at radius 1 is 1.40 bits per heavy atom. The van der Waals surface area contributed by atoms with E-state index in [-0.39, 0.29) is 0 Å². The van der Waals surface area contributed by atoms with Crippen molar-refractivity contribution in [1.82, 2.24) is 10.6 Å². The van der Waals surface area contributed by atoms with Crippen LogP contribution in [0.2, 0.25) is 0 Å². The summed E-state index contributed by atoms with van der Waals surface area (Å²) in [7, 11) is 1.49. The molecular weight excluding hydrogens is 204 g/mol. The molecule has 0 radical (unpaired) electrons. The van der Waals surface area contributed by atoms with Gasteiger partial charge in [0.1, 0.15) is 6.04 Å². The summed E-state index contributed by atoms with van der Waals surface area (Å²) in [4.78, 5) is 32.0. The van der Waals surface area contributed by atoms with Crippen LogP contribution < -0.4 is 10.6 Å². The number of carbonyl (C=O) groups is 3. The average Bonchev–Trinajstić information content (AvgIpc) is 2.17. The number of hydrogen-bond acceptors (Lipinski definition) is 4. The van der Waals surface area contributed by atoms with Crippen molar-refractivity contribution < 1.29 is 24.2 Å². The van der Waals surface area contributed by atoms with Crippen LogP contribution in [0.25, 0.3) is 0 Å². The van der Waals surface area contributed by atoms with Crippen molar-refractivity contribution >= 4 is 17.8 Å². The fourth-order valence-corrected chi connectivity index (χ4v) is 0.753. The molecule has 0 aromatic rings. The van der Waals surface area contributed by atoms with Gasteiger partial charge in [-0.25, -0.2) is 4.79 Å². The molecule has 0 aromatic heterocycles. The number of ether oxygens (including phenoxy) is 1. The highest BCUT2D eigenvalue weighted by molar-refractivity contribution is 6.31. The monoisotopic (exact) mass is 218 g/mol. The summed E-state index contributed by atoms with van der Waals surface area (Å²) in [5.74, 6) is -3.28. The van der Waals surface area contributed by atoms with Crippen molar-refractivity contribution in [1.29, 1.82) is 0 Å².